The first-order valence-electron chi connectivity index (χ1n) is 7.32. The van der Waals surface area contributed by atoms with Crippen molar-refractivity contribution in [2.75, 3.05) is 7.05 Å². The van der Waals surface area contributed by atoms with Gasteiger partial charge >= 0.3 is 0 Å². The fraction of sp³-hybridized carbons (Fsp3) is 0.211. The van der Waals surface area contributed by atoms with Crippen LogP contribution >= 0.6 is 0 Å². The highest BCUT2D eigenvalue weighted by Crippen LogP contribution is 2.20. The Morgan fingerprint density at radius 2 is 1.59 bits per heavy atom. The van der Waals surface area contributed by atoms with Crippen molar-refractivity contribution in [3.05, 3.63) is 77.9 Å². The van der Waals surface area contributed by atoms with Crippen LogP contribution in [-0.2, 0) is 4.79 Å². The first kappa shape index (κ1) is 16.0. The second kappa shape index (κ2) is 7.57. The molecule has 0 aliphatic carbocycles. The lowest BCUT2D eigenvalue weighted by atomic mass is 10.0. The Hall–Kier alpha value is -2.39. The molecule has 0 unspecified atom stereocenters. The van der Waals surface area contributed by atoms with Crippen LogP contribution in [0.1, 0.15) is 24.2 Å². The Morgan fingerprint density at radius 1 is 1.05 bits per heavy atom. The zero-order chi connectivity index (χ0) is 15.9. The van der Waals surface area contributed by atoms with Crippen LogP contribution in [0.25, 0.3) is 6.08 Å². The van der Waals surface area contributed by atoms with Gasteiger partial charge in [0.25, 0.3) is 0 Å². The minimum atomic E-state index is -0.708. The topological polar surface area (TPSA) is 40.5 Å². The van der Waals surface area contributed by atoms with Gasteiger partial charge in [-0.15, -0.1) is 0 Å². The fourth-order valence-corrected chi connectivity index (χ4v) is 2.19. The maximum atomic E-state index is 12.2. The zero-order valence-corrected chi connectivity index (χ0v) is 12.9. The third-order valence-electron chi connectivity index (χ3n) is 3.77. The van der Waals surface area contributed by atoms with Gasteiger partial charge in [-0.25, -0.2) is 0 Å². The molecule has 2 atom stereocenters. The van der Waals surface area contributed by atoms with E-state index in [1.54, 1.807) is 18.0 Å². The van der Waals surface area contributed by atoms with Crippen LogP contribution in [0.3, 0.4) is 0 Å². The van der Waals surface area contributed by atoms with E-state index in [2.05, 4.69) is 0 Å². The van der Waals surface area contributed by atoms with Crippen molar-refractivity contribution in [1.82, 2.24) is 4.90 Å². The number of aliphatic hydroxyl groups excluding tert-OH is 1. The highest BCUT2D eigenvalue weighted by atomic mass is 16.3. The van der Waals surface area contributed by atoms with Gasteiger partial charge in [0, 0.05) is 13.1 Å². The number of benzene rings is 2. The fourth-order valence-electron chi connectivity index (χ4n) is 2.19. The monoisotopic (exact) mass is 295 g/mol. The number of nitrogens with zero attached hydrogens (tertiary/aromatic N) is 1. The molecule has 0 bridgehead atoms. The van der Waals surface area contributed by atoms with Gasteiger partial charge in [0.05, 0.1) is 12.1 Å². The third kappa shape index (κ3) is 4.06. The molecule has 22 heavy (non-hydrogen) atoms. The molecule has 0 saturated heterocycles. The lowest BCUT2D eigenvalue weighted by Crippen LogP contribution is -2.38. The summed E-state index contributed by atoms with van der Waals surface area (Å²) in [5.41, 5.74) is 1.78. The van der Waals surface area contributed by atoms with Crippen LogP contribution in [0.5, 0.6) is 0 Å². The van der Waals surface area contributed by atoms with Crippen LogP contribution in [0.4, 0.5) is 0 Å². The van der Waals surface area contributed by atoms with Crippen LogP contribution in [0.2, 0.25) is 0 Å². The highest BCUT2D eigenvalue weighted by molar-refractivity contribution is 5.91. The van der Waals surface area contributed by atoms with Gasteiger partial charge < -0.3 is 10.0 Å². The first-order valence-corrected chi connectivity index (χ1v) is 7.32. The lowest BCUT2D eigenvalue weighted by molar-refractivity contribution is -0.128. The van der Waals surface area contributed by atoms with Crippen LogP contribution < -0.4 is 0 Å². The number of rotatable bonds is 5. The second-order valence-electron chi connectivity index (χ2n) is 5.29. The summed E-state index contributed by atoms with van der Waals surface area (Å²) in [7, 11) is 1.70. The van der Waals surface area contributed by atoms with Gasteiger partial charge in [0.2, 0.25) is 5.91 Å². The number of carbonyl (C=O) groups excluding carboxylic acids is 1. The Balaban J connectivity index is 2.02. The number of carbonyl (C=O) groups is 1. The third-order valence-corrected chi connectivity index (χ3v) is 3.77. The minimum absolute atomic E-state index is 0.133. The Bertz CT molecular complexity index is 622. The summed E-state index contributed by atoms with van der Waals surface area (Å²) in [6, 6.07) is 18.7. The smallest absolute Gasteiger partial charge is 0.246 e. The summed E-state index contributed by atoms with van der Waals surface area (Å²) >= 11 is 0. The molecule has 0 heterocycles. The van der Waals surface area contributed by atoms with Crippen molar-refractivity contribution in [2.24, 2.45) is 0 Å². The summed E-state index contributed by atoms with van der Waals surface area (Å²) in [5, 5.41) is 10.4. The molecular weight excluding hydrogens is 274 g/mol. The summed E-state index contributed by atoms with van der Waals surface area (Å²) in [4.78, 5) is 13.8. The maximum Gasteiger partial charge on any atom is 0.246 e. The van der Waals surface area contributed by atoms with E-state index in [0.29, 0.717) is 0 Å². The van der Waals surface area contributed by atoms with Crippen LogP contribution in [0, 0.1) is 0 Å². The van der Waals surface area contributed by atoms with Crippen LogP contribution in [-0.4, -0.2) is 29.0 Å². The number of aliphatic hydroxyl groups is 1. The van der Waals surface area contributed by atoms with Gasteiger partial charge in [-0.2, -0.15) is 0 Å². The molecule has 2 aromatic rings. The summed E-state index contributed by atoms with van der Waals surface area (Å²) in [6.07, 6.45) is 2.60. The van der Waals surface area contributed by atoms with E-state index in [9.17, 15) is 9.90 Å². The van der Waals surface area contributed by atoms with E-state index < -0.39 is 6.10 Å². The van der Waals surface area contributed by atoms with Crippen molar-refractivity contribution < 1.29 is 9.90 Å². The molecule has 0 aliphatic rings. The van der Waals surface area contributed by atoms with Crippen molar-refractivity contribution in [3.63, 3.8) is 0 Å². The van der Waals surface area contributed by atoms with Gasteiger partial charge in [0.1, 0.15) is 0 Å². The van der Waals surface area contributed by atoms with Gasteiger partial charge in [-0.1, -0.05) is 60.7 Å². The quantitative estimate of drug-likeness (QED) is 0.860. The average molecular weight is 295 g/mol. The van der Waals surface area contributed by atoms with Gasteiger partial charge in [-0.05, 0) is 24.1 Å². The van der Waals surface area contributed by atoms with E-state index >= 15 is 0 Å². The summed E-state index contributed by atoms with van der Waals surface area (Å²) in [6.45, 7) is 1.84. The maximum absolute atomic E-state index is 12.2. The zero-order valence-electron chi connectivity index (χ0n) is 12.9. The molecule has 0 saturated carbocycles. The van der Waals surface area contributed by atoms with Crippen LogP contribution in [0.15, 0.2) is 66.7 Å². The number of hydrogen-bond acceptors (Lipinski definition) is 2. The molecule has 3 nitrogen and oxygen atoms in total. The molecule has 1 N–H and O–H groups in total. The molecule has 0 radical (unpaired) electrons. The van der Waals surface area contributed by atoms with Crippen molar-refractivity contribution in [1.29, 1.82) is 0 Å². The Morgan fingerprint density at radius 3 is 2.18 bits per heavy atom. The average Bonchev–Trinajstić information content (AvgIpc) is 2.59. The molecule has 0 spiro atoms. The predicted octanol–water partition coefficient (Wildman–Crippen LogP) is 3.28. The Labute approximate surface area is 131 Å². The van der Waals surface area contributed by atoms with E-state index in [1.807, 2.05) is 67.6 Å². The lowest BCUT2D eigenvalue weighted by Gasteiger charge is -2.28. The van der Waals surface area contributed by atoms with Crippen molar-refractivity contribution >= 4 is 12.0 Å². The molecule has 0 fully saturated rings. The van der Waals surface area contributed by atoms with Crippen molar-refractivity contribution in [2.45, 2.75) is 19.1 Å². The summed E-state index contributed by atoms with van der Waals surface area (Å²) < 4.78 is 0. The Kier molecular flexibility index (Phi) is 5.50. The van der Waals surface area contributed by atoms with Gasteiger partial charge in [0.15, 0.2) is 0 Å². The molecule has 2 aromatic carbocycles. The normalized spacial score (nSPS) is 13.8. The standard InChI is InChI=1S/C19H21NO2/c1-15(19(22)17-11-7-4-8-12-17)20(2)18(21)14-13-16-9-5-3-6-10-16/h3-15,19,22H,1-2H3/b14-13+/t15-,19-/m0/s1. The second-order valence-corrected chi connectivity index (χ2v) is 5.29. The van der Waals surface area contributed by atoms with E-state index in [4.69, 9.17) is 0 Å². The number of hydrogen-bond donors (Lipinski definition) is 1. The van der Waals surface area contributed by atoms with Crippen molar-refractivity contribution in [3.8, 4) is 0 Å². The summed E-state index contributed by atoms with van der Waals surface area (Å²) in [5.74, 6) is -0.133. The predicted molar refractivity (Wildman–Crippen MR) is 89.1 cm³/mol. The van der Waals surface area contributed by atoms with E-state index in [-0.39, 0.29) is 11.9 Å². The molecule has 2 rings (SSSR count). The molecule has 1 amide bonds. The molecular formula is C19H21NO2. The molecule has 0 aromatic heterocycles. The van der Waals surface area contributed by atoms with E-state index in [0.717, 1.165) is 11.1 Å². The largest absolute Gasteiger partial charge is 0.386 e. The first-order chi connectivity index (χ1) is 10.6. The number of likely N-dealkylation sites (N-methyl/N-ethyl adjacent to an activating group) is 1. The molecule has 3 heteroatoms. The highest BCUT2D eigenvalue weighted by Gasteiger charge is 2.22. The molecule has 114 valence electrons. The van der Waals surface area contributed by atoms with Gasteiger partial charge in [-0.3, -0.25) is 4.79 Å². The van der Waals surface area contributed by atoms with E-state index in [1.165, 1.54) is 6.08 Å². The minimum Gasteiger partial charge on any atom is -0.386 e. The number of amides is 1. The SMILES string of the molecule is C[C@@H]([C@H](O)c1ccccc1)N(C)C(=O)/C=C/c1ccccc1. The molecule has 0 aliphatic heterocycles.